The number of hydrogen-bond donors (Lipinski definition) is 1. The van der Waals surface area contributed by atoms with Gasteiger partial charge in [0.2, 0.25) is 0 Å². The van der Waals surface area contributed by atoms with Gasteiger partial charge in [0.25, 0.3) is 0 Å². The molecule has 56 heavy (non-hydrogen) atoms. The van der Waals surface area contributed by atoms with Crippen LogP contribution in [0.5, 0.6) is 0 Å². The van der Waals surface area contributed by atoms with Crippen molar-refractivity contribution in [1.29, 1.82) is 0 Å². The van der Waals surface area contributed by atoms with Gasteiger partial charge in [-0.05, 0) is 94.9 Å². The molecule has 8 aromatic rings. The van der Waals surface area contributed by atoms with Gasteiger partial charge in [0.1, 0.15) is 5.84 Å². The van der Waals surface area contributed by atoms with Crippen molar-refractivity contribution < 1.29 is 0 Å². The van der Waals surface area contributed by atoms with Gasteiger partial charge in [-0.25, -0.2) is 4.99 Å². The topological polar surface area (TPSA) is 32.6 Å². The summed E-state index contributed by atoms with van der Waals surface area (Å²) >= 11 is 0. The second kappa shape index (κ2) is 13.3. The van der Waals surface area contributed by atoms with Crippen molar-refractivity contribution in [2.24, 2.45) is 4.99 Å². The summed E-state index contributed by atoms with van der Waals surface area (Å²) < 4.78 is 2.40. The predicted octanol–water partition coefficient (Wildman–Crippen LogP) is 12.3. The SMILES string of the molecule is C1=C(c2ccc3c(c2)c2ccccc2n3-c2cccc(C3=NC(c4ccccc4)=CC(c4ccccc4)N3)c2)C=C2c3ccccc3N(c3ccccc3)C2C1. The molecule has 1 aliphatic carbocycles. The van der Waals surface area contributed by atoms with Crippen LogP contribution in [0.25, 0.3) is 44.3 Å². The summed E-state index contributed by atoms with van der Waals surface area (Å²) in [5.74, 6) is 0.861. The van der Waals surface area contributed by atoms with Crippen molar-refractivity contribution in [2.75, 3.05) is 4.90 Å². The van der Waals surface area contributed by atoms with Gasteiger partial charge in [-0.3, -0.25) is 0 Å². The Kier molecular flexibility index (Phi) is 7.66. The Morgan fingerprint density at radius 1 is 0.554 bits per heavy atom. The van der Waals surface area contributed by atoms with Gasteiger partial charge in [-0.15, -0.1) is 0 Å². The van der Waals surface area contributed by atoms with E-state index in [0.717, 1.165) is 34.8 Å². The van der Waals surface area contributed by atoms with Crippen LogP contribution in [0, 0.1) is 0 Å². The number of aromatic nitrogens is 1. The zero-order valence-corrected chi connectivity index (χ0v) is 30.8. The summed E-state index contributed by atoms with van der Waals surface area (Å²) in [7, 11) is 0. The molecule has 0 spiro atoms. The summed E-state index contributed by atoms with van der Waals surface area (Å²) in [6.07, 6.45) is 8.03. The van der Waals surface area contributed by atoms with Crippen molar-refractivity contribution in [2.45, 2.75) is 18.5 Å². The Hall–Kier alpha value is -7.17. The van der Waals surface area contributed by atoms with Crippen LogP contribution in [-0.2, 0) is 0 Å². The van der Waals surface area contributed by atoms with E-state index in [-0.39, 0.29) is 12.1 Å². The number of fused-ring (bicyclic) bond motifs is 6. The van der Waals surface area contributed by atoms with Gasteiger partial charge in [0.05, 0.1) is 28.8 Å². The molecular formula is C52H38N4. The van der Waals surface area contributed by atoms with E-state index in [9.17, 15) is 0 Å². The lowest BCUT2D eigenvalue weighted by atomic mass is 9.89. The van der Waals surface area contributed by atoms with Crippen LogP contribution in [0.3, 0.4) is 0 Å². The normalized spacial score (nSPS) is 17.4. The molecule has 7 aromatic carbocycles. The highest BCUT2D eigenvalue weighted by Crippen LogP contribution is 2.49. The number of anilines is 2. The van der Waals surface area contributed by atoms with Crippen LogP contribution < -0.4 is 10.2 Å². The van der Waals surface area contributed by atoms with E-state index >= 15 is 0 Å². The summed E-state index contributed by atoms with van der Waals surface area (Å²) in [6.45, 7) is 0. The number of para-hydroxylation sites is 3. The molecule has 4 nitrogen and oxygen atoms in total. The summed E-state index contributed by atoms with van der Waals surface area (Å²) in [5.41, 5.74) is 15.5. The molecule has 2 atom stereocenters. The monoisotopic (exact) mass is 718 g/mol. The van der Waals surface area contributed by atoms with E-state index in [0.29, 0.717) is 0 Å². The average Bonchev–Trinajstić information content (AvgIpc) is 3.79. The molecule has 0 radical (unpaired) electrons. The maximum atomic E-state index is 5.21. The molecule has 3 heterocycles. The summed E-state index contributed by atoms with van der Waals surface area (Å²) in [6, 6.07) is 65.6. The van der Waals surface area contributed by atoms with Crippen molar-refractivity contribution in [3.05, 3.63) is 228 Å². The van der Waals surface area contributed by atoms with Gasteiger partial charge in [-0.2, -0.15) is 0 Å². The van der Waals surface area contributed by atoms with Crippen molar-refractivity contribution in [3.8, 4) is 5.69 Å². The molecule has 0 bridgehead atoms. The van der Waals surface area contributed by atoms with E-state index in [1.54, 1.807) is 0 Å². The highest BCUT2D eigenvalue weighted by molar-refractivity contribution is 6.11. The van der Waals surface area contributed by atoms with Crippen LogP contribution in [0.2, 0.25) is 0 Å². The molecule has 0 saturated carbocycles. The Morgan fingerprint density at radius 2 is 1.25 bits per heavy atom. The number of allylic oxidation sites excluding steroid dienone is 2. The van der Waals surface area contributed by atoms with Crippen molar-refractivity contribution in [3.63, 3.8) is 0 Å². The first-order valence-electron chi connectivity index (χ1n) is 19.4. The summed E-state index contributed by atoms with van der Waals surface area (Å²) in [5, 5.41) is 6.25. The molecule has 266 valence electrons. The molecule has 0 saturated heterocycles. The van der Waals surface area contributed by atoms with Crippen molar-refractivity contribution >= 4 is 55.9 Å². The minimum absolute atomic E-state index is 0.00677. The van der Waals surface area contributed by atoms with Gasteiger partial charge < -0.3 is 14.8 Å². The highest BCUT2D eigenvalue weighted by Gasteiger charge is 2.35. The van der Waals surface area contributed by atoms with Crippen LogP contribution in [0.4, 0.5) is 11.4 Å². The Bertz CT molecular complexity index is 2910. The van der Waals surface area contributed by atoms with E-state index < -0.39 is 0 Å². The first kappa shape index (κ1) is 32.3. The van der Waals surface area contributed by atoms with E-state index in [1.807, 2.05) is 0 Å². The van der Waals surface area contributed by atoms with E-state index in [4.69, 9.17) is 4.99 Å². The Balaban J connectivity index is 0.984. The third-order valence-electron chi connectivity index (χ3n) is 11.5. The minimum Gasteiger partial charge on any atom is -0.359 e. The molecule has 0 amide bonds. The lowest BCUT2D eigenvalue weighted by Gasteiger charge is -2.29. The molecule has 4 heteroatoms. The number of benzene rings is 7. The molecule has 2 unspecified atom stereocenters. The van der Waals surface area contributed by atoms with Gasteiger partial charge in [0, 0.05) is 39.0 Å². The van der Waals surface area contributed by atoms with E-state index in [1.165, 1.54) is 61.0 Å². The minimum atomic E-state index is -0.00677. The highest BCUT2D eigenvalue weighted by atomic mass is 15.2. The molecule has 0 fully saturated rings. The predicted molar refractivity (Wildman–Crippen MR) is 233 cm³/mol. The quantitative estimate of drug-likeness (QED) is 0.186. The van der Waals surface area contributed by atoms with Crippen LogP contribution in [-0.4, -0.2) is 16.4 Å². The lowest BCUT2D eigenvalue weighted by molar-refractivity contribution is 0.781. The number of aliphatic imine (C=N–C) groups is 1. The zero-order chi connectivity index (χ0) is 37.0. The number of rotatable bonds is 6. The molecule has 2 aliphatic heterocycles. The lowest BCUT2D eigenvalue weighted by Crippen LogP contribution is -2.31. The largest absolute Gasteiger partial charge is 0.359 e. The third-order valence-corrected chi connectivity index (χ3v) is 11.5. The first-order chi connectivity index (χ1) is 27.8. The van der Waals surface area contributed by atoms with Gasteiger partial charge in [0.15, 0.2) is 0 Å². The van der Waals surface area contributed by atoms with Crippen LogP contribution in [0.1, 0.15) is 40.3 Å². The Morgan fingerprint density at radius 3 is 2.11 bits per heavy atom. The second-order valence-corrected chi connectivity index (χ2v) is 14.8. The number of nitrogens with zero attached hydrogens (tertiary/aromatic N) is 3. The van der Waals surface area contributed by atoms with Crippen LogP contribution >= 0.6 is 0 Å². The maximum Gasteiger partial charge on any atom is 0.134 e. The van der Waals surface area contributed by atoms with E-state index in [2.05, 4.69) is 215 Å². The second-order valence-electron chi connectivity index (χ2n) is 14.8. The van der Waals surface area contributed by atoms with Gasteiger partial charge >= 0.3 is 0 Å². The molecule has 11 rings (SSSR count). The Labute approximate surface area is 326 Å². The first-order valence-corrected chi connectivity index (χ1v) is 19.4. The molecule has 1 N–H and O–H groups in total. The summed E-state index contributed by atoms with van der Waals surface area (Å²) in [4.78, 5) is 7.72. The molecule has 1 aromatic heterocycles. The fraction of sp³-hybridized carbons (Fsp3) is 0.0577. The van der Waals surface area contributed by atoms with Crippen LogP contribution in [0.15, 0.2) is 205 Å². The fourth-order valence-electron chi connectivity index (χ4n) is 8.91. The fourth-order valence-corrected chi connectivity index (χ4v) is 8.91. The zero-order valence-electron chi connectivity index (χ0n) is 30.8. The number of amidine groups is 1. The third kappa shape index (κ3) is 5.41. The number of nitrogens with one attached hydrogen (secondary N) is 1. The maximum absolute atomic E-state index is 5.21. The van der Waals surface area contributed by atoms with Crippen molar-refractivity contribution in [1.82, 2.24) is 9.88 Å². The number of hydrogen-bond acceptors (Lipinski definition) is 3. The standard InChI is InChI=1S/C52H38N4/c1-4-15-35(16-5-1)46-34-47(36-17-6-2-7-18-36)54-52(53-46)39-19-14-22-41(31-39)56-49-26-13-11-24-43(49)45-33-38(28-30-51(45)56)37-27-29-50-44(32-37)42-23-10-12-25-48(42)55(50)40-20-8-3-9-21-40/h1-28,30-34,46,50H,29H2,(H,53,54). The average molecular weight is 719 g/mol. The molecular weight excluding hydrogens is 681 g/mol. The van der Waals surface area contributed by atoms with Gasteiger partial charge in [-0.1, -0.05) is 140 Å². The smallest absolute Gasteiger partial charge is 0.134 e. The molecule has 3 aliphatic rings.